The number of H-pyrrole nitrogens is 1. The fourth-order valence-electron chi connectivity index (χ4n) is 1.53. The molecule has 5 heteroatoms. The van der Waals surface area contributed by atoms with Gasteiger partial charge in [-0.15, -0.1) is 0 Å². The van der Waals surface area contributed by atoms with Gasteiger partial charge in [-0.3, -0.25) is 4.98 Å². The molecule has 2 N–H and O–H groups in total. The van der Waals surface area contributed by atoms with Gasteiger partial charge in [0.15, 0.2) is 0 Å². The second-order valence-electron chi connectivity index (χ2n) is 3.57. The van der Waals surface area contributed by atoms with Gasteiger partial charge < -0.3 is 9.73 Å². The van der Waals surface area contributed by atoms with Gasteiger partial charge in [0.2, 0.25) is 0 Å². The van der Waals surface area contributed by atoms with Crippen LogP contribution in [0.25, 0.3) is 17.0 Å². The Bertz CT molecular complexity index is 667. The van der Waals surface area contributed by atoms with Gasteiger partial charge in [-0.25, -0.2) is 9.59 Å². The summed E-state index contributed by atoms with van der Waals surface area (Å²) in [5, 5.41) is 3.35. The Kier molecular flexibility index (Phi) is 3.20. The van der Waals surface area contributed by atoms with Crippen LogP contribution in [-0.2, 0) is 0 Å². The van der Waals surface area contributed by atoms with Crippen LogP contribution < -0.4 is 16.7 Å². The minimum atomic E-state index is -0.735. The highest BCUT2D eigenvalue weighted by atomic mass is 16.4. The molecule has 0 saturated carbocycles. The number of fused-ring (bicyclic) bond motifs is 1. The van der Waals surface area contributed by atoms with Crippen LogP contribution in [0.2, 0.25) is 0 Å². The Morgan fingerprint density at radius 1 is 1.41 bits per heavy atom. The topological polar surface area (TPSA) is 75.1 Å². The highest BCUT2D eigenvalue weighted by Crippen LogP contribution is 2.10. The molecular weight excluding hydrogens is 220 g/mol. The minimum Gasteiger partial charge on any atom is -0.372 e. The SMILES string of the molecule is CNCC=Cc1ccc2[nH]c(=O)oc(=O)c2c1. The first-order valence-corrected chi connectivity index (χ1v) is 5.19. The number of hydrogen-bond acceptors (Lipinski definition) is 4. The van der Waals surface area contributed by atoms with Crippen LogP contribution in [0.5, 0.6) is 0 Å². The summed E-state index contributed by atoms with van der Waals surface area (Å²) >= 11 is 0. The molecule has 0 aliphatic rings. The summed E-state index contributed by atoms with van der Waals surface area (Å²) in [4.78, 5) is 24.9. The van der Waals surface area contributed by atoms with E-state index in [1.165, 1.54) is 0 Å². The maximum atomic E-state index is 11.5. The third-order valence-corrected chi connectivity index (χ3v) is 2.32. The molecule has 5 nitrogen and oxygen atoms in total. The number of aromatic nitrogens is 1. The number of likely N-dealkylation sites (N-methyl/N-ethyl adjacent to an activating group) is 1. The molecule has 1 aromatic heterocycles. The third-order valence-electron chi connectivity index (χ3n) is 2.32. The fraction of sp³-hybridized carbons (Fsp3) is 0.167. The molecule has 1 heterocycles. The summed E-state index contributed by atoms with van der Waals surface area (Å²) in [6.45, 7) is 0.748. The number of rotatable bonds is 3. The molecule has 0 atom stereocenters. The van der Waals surface area contributed by atoms with Crippen molar-refractivity contribution in [3.8, 4) is 0 Å². The second-order valence-corrected chi connectivity index (χ2v) is 3.57. The molecule has 1 aromatic carbocycles. The van der Waals surface area contributed by atoms with Crippen molar-refractivity contribution in [2.24, 2.45) is 0 Å². The molecule has 0 bridgehead atoms. The summed E-state index contributed by atoms with van der Waals surface area (Å²) in [5.41, 5.74) is 0.747. The summed E-state index contributed by atoms with van der Waals surface area (Å²) < 4.78 is 4.47. The molecule has 17 heavy (non-hydrogen) atoms. The summed E-state index contributed by atoms with van der Waals surface area (Å²) in [6.07, 6.45) is 3.83. The van der Waals surface area contributed by atoms with Gasteiger partial charge in [0.25, 0.3) is 0 Å². The van der Waals surface area contributed by atoms with E-state index in [0.717, 1.165) is 12.1 Å². The zero-order valence-electron chi connectivity index (χ0n) is 9.32. The van der Waals surface area contributed by atoms with Crippen molar-refractivity contribution < 1.29 is 4.42 Å². The predicted octanol–water partition coefficient (Wildman–Crippen LogP) is 0.714. The van der Waals surface area contributed by atoms with Crippen molar-refractivity contribution in [2.75, 3.05) is 13.6 Å². The van der Waals surface area contributed by atoms with Gasteiger partial charge in [-0.1, -0.05) is 18.2 Å². The number of benzene rings is 1. The largest absolute Gasteiger partial charge is 0.419 e. The van der Waals surface area contributed by atoms with Crippen LogP contribution in [0.15, 0.2) is 38.3 Å². The smallest absolute Gasteiger partial charge is 0.372 e. The van der Waals surface area contributed by atoms with Gasteiger partial charge in [0.05, 0.1) is 10.9 Å². The fourth-order valence-corrected chi connectivity index (χ4v) is 1.53. The van der Waals surface area contributed by atoms with E-state index in [0.29, 0.717) is 10.9 Å². The normalized spacial score (nSPS) is 11.4. The first-order valence-electron chi connectivity index (χ1n) is 5.19. The molecule has 2 rings (SSSR count). The molecule has 0 aliphatic heterocycles. The zero-order valence-corrected chi connectivity index (χ0v) is 9.32. The maximum absolute atomic E-state index is 11.5. The van der Waals surface area contributed by atoms with Crippen molar-refractivity contribution in [3.63, 3.8) is 0 Å². The van der Waals surface area contributed by atoms with Crippen molar-refractivity contribution in [1.29, 1.82) is 0 Å². The lowest BCUT2D eigenvalue weighted by Crippen LogP contribution is -2.14. The summed E-state index contributed by atoms with van der Waals surface area (Å²) in [6, 6.07) is 5.19. The van der Waals surface area contributed by atoms with E-state index in [4.69, 9.17) is 0 Å². The van der Waals surface area contributed by atoms with Crippen LogP contribution >= 0.6 is 0 Å². The van der Waals surface area contributed by atoms with Gasteiger partial charge >= 0.3 is 11.4 Å². The van der Waals surface area contributed by atoms with E-state index < -0.39 is 11.4 Å². The molecule has 88 valence electrons. The van der Waals surface area contributed by atoms with E-state index in [1.807, 2.05) is 25.3 Å². The lowest BCUT2D eigenvalue weighted by atomic mass is 10.1. The van der Waals surface area contributed by atoms with Crippen LogP contribution in [0.1, 0.15) is 5.56 Å². The lowest BCUT2D eigenvalue weighted by Gasteiger charge is -1.97. The molecular formula is C12H12N2O3. The average Bonchev–Trinajstić information content (AvgIpc) is 2.30. The lowest BCUT2D eigenvalue weighted by molar-refractivity contribution is 0.460. The molecule has 2 aromatic rings. The van der Waals surface area contributed by atoms with E-state index >= 15 is 0 Å². The van der Waals surface area contributed by atoms with Gasteiger partial charge in [-0.05, 0) is 24.7 Å². The quantitative estimate of drug-likeness (QED) is 0.817. The summed E-state index contributed by atoms with van der Waals surface area (Å²) in [7, 11) is 1.85. The number of hydrogen-bond donors (Lipinski definition) is 2. The highest BCUT2D eigenvalue weighted by molar-refractivity contribution is 5.79. The van der Waals surface area contributed by atoms with E-state index in [1.54, 1.807) is 12.1 Å². The zero-order chi connectivity index (χ0) is 12.3. The Labute approximate surface area is 96.8 Å². The van der Waals surface area contributed by atoms with Crippen molar-refractivity contribution in [1.82, 2.24) is 10.3 Å². The van der Waals surface area contributed by atoms with Crippen molar-refractivity contribution in [2.45, 2.75) is 0 Å². The Morgan fingerprint density at radius 3 is 3.00 bits per heavy atom. The Morgan fingerprint density at radius 2 is 2.24 bits per heavy atom. The molecule has 0 radical (unpaired) electrons. The molecule has 0 saturated heterocycles. The molecule has 0 unspecified atom stereocenters. The maximum Gasteiger partial charge on any atom is 0.419 e. The van der Waals surface area contributed by atoms with Gasteiger partial charge in [-0.2, -0.15) is 0 Å². The first kappa shape index (κ1) is 11.3. The highest BCUT2D eigenvalue weighted by Gasteiger charge is 2.02. The Hall–Kier alpha value is -2.14. The van der Waals surface area contributed by atoms with Gasteiger partial charge in [0, 0.05) is 6.54 Å². The monoisotopic (exact) mass is 232 g/mol. The molecule has 0 amide bonds. The van der Waals surface area contributed by atoms with E-state index in [2.05, 4.69) is 14.7 Å². The van der Waals surface area contributed by atoms with Crippen LogP contribution in [-0.4, -0.2) is 18.6 Å². The second kappa shape index (κ2) is 4.80. The molecule has 0 aliphatic carbocycles. The predicted molar refractivity (Wildman–Crippen MR) is 66.1 cm³/mol. The van der Waals surface area contributed by atoms with E-state index in [9.17, 15) is 9.59 Å². The molecule has 0 spiro atoms. The average molecular weight is 232 g/mol. The third kappa shape index (κ3) is 2.51. The Balaban J connectivity index is 2.51. The molecule has 0 fully saturated rings. The number of aromatic amines is 1. The minimum absolute atomic E-state index is 0.371. The van der Waals surface area contributed by atoms with Crippen molar-refractivity contribution >= 4 is 17.0 Å². The van der Waals surface area contributed by atoms with E-state index in [-0.39, 0.29) is 0 Å². The summed E-state index contributed by atoms with van der Waals surface area (Å²) in [5.74, 6) is -0.735. The van der Waals surface area contributed by atoms with Crippen LogP contribution in [0, 0.1) is 0 Å². The standard InChI is InChI=1S/C12H12N2O3/c1-13-6-2-3-8-4-5-10-9(7-8)11(15)17-12(16)14-10/h2-5,7,13H,6H2,1H3,(H,14,16). The van der Waals surface area contributed by atoms with Crippen LogP contribution in [0.4, 0.5) is 0 Å². The number of nitrogens with one attached hydrogen (secondary N) is 2. The first-order chi connectivity index (χ1) is 8.20. The van der Waals surface area contributed by atoms with Crippen LogP contribution in [0.3, 0.4) is 0 Å². The van der Waals surface area contributed by atoms with Gasteiger partial charge in [0.1, 0.15) is 0 Å². The van der Waals surface area contributed by atoms with Crippen molar-refractivity contribution in [3.05, 3.63) is 50.8 Å².